The molecule has 120 valence electrons. The second kappa shape index (κ2) is 6.62. The van der Waals surface area contributed by atoms with Crippen molar-refractivity contribution in [2.75, 3.05) is 18.4 Å². The summed E-state index contributed by atoms with van der Waals surface area (Å²) in [5.41, 5.74) is 0.133. The van der Waals surface area contributed by atoms with Gasteiger partial charge in [-0.05, 0) is 61.6 Å². The van der Waals surface area contributed by atoms with Crippen LogP contribution >= 0.6 is 34.2 Å². The van der Waals surface area contributed by atoms with E-state index in [-0.39, 0.29) is 17.9 Å². The van der Waals surface area contributed by atoms with E-state index in [9.17, 15) is 9.59 Å². The maximum Gasteiger partial charge on any atom is 0.410 e. The number of hydrogen-bond donors (Lipinski definition) is 1. The third-order valence-corrected chi connectivity index (χ3v) is 4.66. The molecule has 0 radical (unpaired) electrons. The lowest BCUT2D eigenvalue weighted by Crippen LogP contribution is -2.55. The largest absolute Gasteiger partial charge is 0.444 e. The quantitative estimate of drug-likeness (QED) is 0.719. The third-order valence-electron chi connectivity index (χ3n) is 3.09. The summed E-state index contributed by atoms with van der Waals surface area (Å²) in [7, 11) is 0. The van der Waals surface area contributed by atoms with Gasteiger partial charge in [-0.1, -0.05) is 11.6 Å². The van der Waals surface area contributed by atoms with E-state index >= 15 is 0 Å². The standard InChI is InChI=1S/C15H18ClIN2O3/c1-15(2,3)22-14(21)19-7-9(8-19)13(20)18-10-4-5-12(17)11(16)6-10/h4-6,9H,7-8H2,1-3H3,(H,18,20). The number of anilines is 1. The topological polar surface area (TPSA) is 58.6 Å². The average molecular weight is 437 g/mol. The molecule has 0 atom stereocenters. The van der Waals surface area contributed by atoms with Gasteiger partial charge in [-0.15, -0.1) is 0 Å². The first-order chi connectivity index (χ1) is 10.2. The molecule has 22 heavy (non-hydrogen) atoms. The molecule has 1 saturated heterocycles. The number of ether oxygens (including phenoxy) is 1. The Kier molecular flexibility index (Phi) is 5.21. The highest BCUT2D eigenvalue weighted by molar-refractivity contribution is 14.1. The van der Waals surface area contributed by atoms with E-state index in [0.717, 1.165) is 3.57 Å². The number of hydrogen-bond acceptors (Lipinski definition) is 3. The first-order valence-corrected chi connectivity index (χ1v) is 8.35. The second-order valence-electron chi connectivity index (χ2n) is 6.20. The lowest BCUT2D eigenvalue weighted by atomic mass is 10.00. The van der Waals surface area contributed by atoms with Crippen molar-refractivity contribution in [2.24, 2.45) is 5.92 Å². The minimum absolute atomic E-state index is 0.114. The van der Waals surface area contributed by atoms with E-state index in [1.54, 1.807) is 12.1 Å². The molecule has 7 heteroatoms. The molecule has 1 heterocycles. The summed E-state index contributed by atoms with van der Waals surface area (Å²) in [5.74, 6) is -0.331. The number of benzene rings is 1. The van der Waals surface area contributed by atoms with E-state index in [2.05, 4.69) is 27.9 Å². The minimum Gasteiger partial charge on any atom is -0.444 e. The lowest BCUT2D eigenvalue weighted by Gasteiger charge is -2.38. The Morgan fingerprint density at radius 1 is 1.36 bits per heavy atom. The van der Waals surface area contributed by atoms with Crippen LogP contribution in [0.4, 0.5) is 10.5 Å². The Hall–Kier alpha value is -1.02. The van der Waals surface area contributed by atoms with Crippen LogP contribution in [0.25, 0.3) is 0 Å². The normalized spacial score (nSPS) is 15.2. The van der Waals surface area contributed by atoms with Crippen molar-refractivity contribution < 1.29 is 14.3 Å². The van der Waals surface area contributed by atoms with Crippen LogP contribution in [0.2, 0.25) is 5.02 Å². The summed E-state index contributed by atoms with van der Waals surface area (Å²) in [5, 5.41) is 3.41. The molecular formula is C15H18ClIN2O3. The maximum atomic E-state index is 12.1. The highest BCUT2D eigenvalue weighted by Gasteiger charge is 2.37. The Balaban J connectivity index is 1.84. The molecule has 0 unspecified atom stereocenters. The third kappa shape index (κ3) is 4.49. The highest BCUT2D eigenvalue weighted by Crippen LogP contribution is 2.24. The number of rotatable bonds is 2. The van der Waals surface area contributed by atoms with Crippen LogP contribution in [-0.2, 0) is 9.53 Å². The second-order valence-corrected chi connectivity index (χ2v) is 7.77. The molecular weight excluding hydrogens is 419 g/mol. The van der Waals surface area contributed by atoms with Crippen molar-refractivity contribution >= 4 is 51.9 Å². The summed E-state index contributed by atoms with van der Waals surface area (Å²) in [6.07, 6.45) is -0.381. The predicted molar refractivity (Wildman–Crippen MR) is 94.1 cm³/mol. The molecule has 1 N–H and O–H groups in total. The number of halogens is 2. The van der Waals surface area contributed by atoms with Crippen molar-refractivity contribution in [1.29, 1.82) is 0 Å². The molecule has 0 spiro atoms. The van der Waals surface area contributed by atoms with E-state index in [0.29, 0.717) is 23.8 Å². The molecule has 0 aromatic heterocycles. The fraction of sp³-hybridized carbons (Fsp3) is 0.467. The van der Waals surface area contributed by atoms with Gasteiger partial charge in [0.2, 0.25) is 5.91 Å². The van der Waals surface area contributed by atoms with Crippen LogP contribution in [0.1, 0.15) is 20.8 Å². The van der Waals surface area contributed by atoms with Crippen LogP contribution in [0.5, 0.6) is 0 Å². The van der Waals surface area contributed by atoms with Crippen molar-refractivity contribution in [3.05, 3.63) is 26.8 Å². The van der Waals surface area contributed by atoms with Crippen LogP contribution in [0, 0.1) is 9.49 Å². The van der Waals surface area contributed by atoms with E-state index in [4.69, 9.17) is 16.3 Å². The Bertz CT molecular complexity index is 595. The van der Waals surface area contributed by atoms with Gasteiger partial charge in [0.15, 0.2) is 0 Å². The number of nitrogens with zero attached hydrogens (tertiary/aromatic N) is 1. The molecule has 1 aliphatic heterocycles. The van der Waals surface area contributed by atoms with Crippen LogP contribution in [0.15, 0.2) is 18.2 Å². The molecule has 1 aromatic carbocycles. The minimum atomic E-state index is -0.525. The predicted octanol–water partition coefficient (Wildman–Crippen LogP) is 3.75. The van der Waals surface area contributed by atoms with Gasteiger partial charge in [-0.3, -0.25) is 4.79 Å². The Morgan fingerprint density at radius 3 is 2.55 bits per heavy atom. The van der Waals surface area contributed by atoms with E-state index in [1.807, 2.05) is 26.8 Å². The zero-order chi connectivity index (χ0) is 16.5. The van der Waals surface area contributed by atoms with Gasteiger partial charge in [0.25, 0.3) is 0 Å². The molecule has 2 rings (SSSR count). The lowest BCUT2D eigenvalue weighted by molar-refractivity contribution is -0.124. The summed E-state index contributed by atoms with van der Waals surface area (Å²) in [6.45, 7) is 6.19. The molecule has 0 bridgehead atoms. The highest BCUT2D eigenvalue weighted by atomic mass is 127. The zero-order valence-corrected chi connectivity index (χ0v) is 15.6. The maximum absolute atomic E-state index is 12.1. The molecule has 1 fully saturated rings. The number of carbonyl (C=O) groups is 2. The number of likely N-dealkylation sites (tertiary alicyclic amines) is 1. The van der Waals surface area contributed by atoms with Gasteiger partial charge in [0.1, 0.15) is 5.60 Å². The van der Waals surface area contributed by atoms with Crippen LogP contribution < -0.4 is 5.32 Å². The van der Waals surface area contributed by atoms with Crippen molar-refractivity contribution in [2.45, 2.75) is 26.4 Å². The fourth-order valence-corrected chi connectivity index (χ4v) is 2.45. The van der Waals surface area contributed by atoms with Gasteiger partial charge in [-0.25, -0.2) is 4.79 Å². The molecule has 5 nitrogen and oxygen atoms in total. The summed E-state index contributed by atoms with van der Waals surface area (Å²) < 4.78 is 6.18. The molecule has 1 aliphatic rings. The van der Waals surface area contributed by atoms with Gasteiger partial charge < -0.3 is 15.0 Å². The first-order valence-electron chi connectivity index (χ1n) is 6.89. The van der Waals surface area contributed by atoms with Crippen molar-refractivity contribution in [3.63, 3.8) is 0 Å². The van der Waals surface area contributed by atoms with Crippen molar-refractivity contribution in [3.8, 4) is 0 Å². The van der Waals surface area contributed by atoms with Gasteiger partial charge in [0.05, 0.1) is 10.9 Å². The smallest absolute Gasteiger partial charge is 0.410 e. The van der Waals surface area contributed by atoms with E-state index in [1.165, 1.54) is 4.90 Å². The Labute approximate surface area is 148 Å². The number of carbonyl (C=O) groups excluding carboxylic acids is 2. The Morgan fingerprint density at radius 2 is 2.00 bits per heavy atom. The fourth-order valence-electron chi connectivity index (χ4n) is 1.94. The number of nitrogens with one attached hydrogen (secondary N) is 1. The van der Waals surface area contributed by atoms with Gasteiger partial charge in [0, 0.05) is 22.3 Å². The summed E-state index contributed by atoms with van der Waals surface area (Å²) in [4.78, 5) is 25.4. The molecule has 1 aromatic rings. The molecule has 0 saturated carbocycles. The zero-order valence-electron chi connectivity index (χ0n) is 12.7. The van der Waals surface area contributed by atoms with E-state index < -0.39 is 5.60 Å². The van der Waals surface area contributed by atoms with Crippen molar-refractivity contribution in [1.82, 2.24) is 4.90 Å². The van der Waals surface area contributed by atoms with Gasteiger partial charge in [-0.2, -0.15) is 0 Å². The van der Waals surface area contributed by atoms with Crippen LogP contribution in [0.3, 0.4) is 0 Å². The van der Waals surface area contributed by atoms with Crippen LogP contribution in [-0.4, -0.2) is 35.6 Å². The number of amides is 2. The summed E-state index contributed by atoms with van der Waals surface area (Å²) in [6, 6.07) is 5.35. The van der Waals surface area contributed by atoms with Gasteiger partial charge >= 0.3 is 6.09 Å². The first kappa shape index (κ1) is 17.3. The molecule has 2 amide bonds. The SMILES string of the molecule is CC(C)(C)OC(=O)N1CC(C(=O)Nc2ccc(I)c(Cl)c2)C1. The monoisotopic (exact) mass is 436 g/mol. The summed E-state index contributed by atoms with van der Waals surface area (Å²) >= 11 is 8.15. The molecule has 0 aliphatic carbocycles. The average Bonchev–Trinajstić information content (AvgIpc) is 2.29.